The van der Waals surface area contributed by atoms with E-state index in [4.69, 9.17) is 9.84 Å². The Morgan fingerprint density at radius 1 is 1.12 bits per heavy atom. The van der Waals surface area contributed by atoms with Gasteiger partial charge in [-0.3, -0.25) is 14.4 Å². The lowest BCUT2D eigenvalue weighted by Gasteiger charge is -2.07. The molecule has 0 aromatic heterocycles. The van der Waals surface area contributed by atoms with E-state index < -0.39 is 5.97 Å². The molecule has 0 spiro atoms. The maximum absolute atomic E-state index is 12.8. The van der Waals surface area contributed by atoms with Gasteiger partial charge < -0.3 is 9.84 Å². The number of carboxylic acids is 1. The van der Waals surface area contributed by atoms with Crippen LogP contribution in [0.25, 0.3) is 0 Å². The summed E-state index contributed by atoms with van der Waals surface area (Å²) in [5.41, 5.74) is 2.52. The van der Waals surface area contributed by atoms with Crippen LogP contribution in [-0.2, 0) is 10.5 Å². The molecule has 0 saturated carbocycles. The molecular weight excluding hydrogens is 340 g/mol. The van der Waals surface area contributed by atoms with E-state index in [1.807, 2.05) is 6.07 Å². The molecule has 25 heavy (non-hydrogen) atoms. The Kier molecular flexibility index (Phi) is 4.90. The highest BCUT2D eigenvalue weighted by molar-refractivity contribution is 7.98. The number of ketones is 2. The van der Waals surface area contributed by atoms with E-state index in [-0.39, 0.29) is 24.4 Å². The first-order valence-corrected chi connectivity index (χ1v) is 8.71. The van der Waals surface area contributed by atoms with Gasteiger partial charge in [0.25, 0.3) is 0 Å². The maximum Gasteiger partial charge on any atom is 0.303 e. The molecule has 128 valence electrons. The number of aliphatic carboxylic acids is 1. The van der Waals surface area contributed by atoms with E-state index in [0.29, 0.717) is 28.2 Å². The Balaban J connectivity index is 1.92. The van der Waals surface area contributed by atoms with Crippen molar-refractivity contribution in [3.05, 3.63) is 58.7 Å². The van der Waals surface area contributed by atoms with Crippen LogP contribution in [0.4, 0.5) is 0 Å². The van der Waals surface area contributed by atoms with E-state index in [1.165, 1.54) is 11.8 Å². The number of hydrogen-bond donors (Lipinski definition) is 1. The highest BCUT2D eigenvalue weighted by atomic mass is 32.2. The van der Waals surface area contributed by atoms with Crippen molar-refractivity contribution >= 4 is 29.3 Å². The number of carbonyl (C=O) groups is 3. The van der Waals surface area contributed by atoms with Crippen molar-refractivity contribution in [2.24, 2.45) is 0 Å². The molecule has 1 N–H and O–H groups in total. The van der Waals surface area contributed by atoms with Gasteiger partial charge >= 0.3 is 5.97 Å². The molecule has 1 aliphatic heterocycles. The maximum atomic E-state index is 12.8. The van der Waals surface area contributed by atoms with Crippen molar-refractivity contribution in [1.29, 1.82) is 0 Å². The number of carbonyl (C=O) groups excluding carboxylic acids is 2. The number of thioether (sulfide) groups is 1. The van der Waals surface area contributed by atoms with Gasteiger partial charge in [0.15, 0.2) is 11.6 Å². The first-order chi connectivity index (χ1) is 12.0. The SMILES string of the molecule is COc1ccc2c(c1)CSc1cc(C(=O)CCC(=O)O)ccc1C2=O. The van der Waals surface area contributed by atoms with E-state index >= 15 is 0 Å². The summed E-state index contributed by atoms with van der Waals surface area (Å²) in [6.45, 7) is 0. The molecule has 3 rings (SSSR count). The Bertz CT molecular complexity index is 872. The molecule has 5 nitrogen and oxygen atoms in total. The molecule has 2 aromatic carbocycles. The van der Waals surface area contributed by atoms with Gasteiger partial charge in [-0.05, 0) is 35.9 Å². The summed E-state index contributed by atoms with van der Waals surface area (Å²) in [5.74, 6) is -0.0264. The van der Waals surface area contributed by atoms with E-state index in [9.17, 15) is 14.4 Å². The lowest BCUT2D eigenvalue weighted by Crippen LogP contribution is -2.07. The van der Waals surface area contributed by atoms with Gasteiger partial charge in [0.05, 0.1) is 13.5 Å². The second-order valence-corrected chi connectivity index (χ2v) is 6.69. The number of hydrogen-bond acceptors (Lipinski definition) is 5. The van der Waals surface area contributed by atoms with E-state index in [2.05, 4.69) is 0 Å². The minimum absolute atomic E-state index is 0.0514. The van der Waals surface area contributed by atoms with Crippen molar-refractivity contribution < 1.29 is 24.2 Å². The molecule has 0 fully saturated rings. The monoisotopic (exact) mass is 356 g/mol. The minimum atomic E-state index is -1.00. The molecule has 1 heterocycles. The number of Topliss-reactive ketones (excluding diaryl/α,β-unsaturated/α-hetero) is 1. The van der Waals surface area contributed by atoms with Crippen molar-refractivity contribution in [2.45, 2.75) is 23.5 Å². The predicted octanol–water partition coefficient (Wildman–Crippen LogP) is 3.58. The van der Waals surface area contributed by atoms with E-state index in [0.717, 1.165) is 10.5 Å². The van der Waals surface area contributed by atoms with Gasteiger partial charge in [-0.15, -0.1) is 11.8 Å². The van der Waals surface area contributed by atoms with Crippen LogP contribution in [0.1, 0.15) is 44.7 Å². The number of rotatable bonds is 5. The molecule has 0 bridgehead atoms. The average Bonchev–Trinajstić information content (AvgIpc) is 2.76. The first kappa shape index (κ1) is 17.2. The topological polar surface area (TPSA) is 80.7 Å². The third-order valence-corrected chi connectivity index (χ3v) is 5.16. The highest BCUT2D eigenvalue weighted by Crippen LogP contribution is 2.35. The molecule has 0 atom stereocenters. The number of benzene rings is 2. The van der Waals surface area contributed by atoms with Crippen molar-refractivity contribution in [1.82, 2.24) is 0 Å². The standard InChI is InChI=1S/C19H16O5S/c1-24-13-3-5-14-12(8-13)10-25-17-9-11(2-4-15(17)19(14)23)16(20)6-7-18(21)22/h2-5,8-9H,6-7,10H2,1H3,(H,21,22). The summed E-state index contributed by atoms with van der Waals surface area (Å²) in [5, 5.41) is 8.70. The molecule has 1 aliphatic rings. The van der Waals surface area contributed by atoms with Gasteiger partial charge in [-0.1, -0.05) is 6.07 Å². The predicted molar refractivity (Wildman–Crippen MR) is 93.6 cm³/mol. The fourth-order valence-electron chi connectivity index (χ4n) is 2.71. The summed E-state index contributed by atoms with van der Waals surface area (Å²) in [7, 11) is 1.58. The summed E-state index contributed by atoms with van der Waals surface area (Å²) < 4.78 is 5.22. The van der Waals surface area contributed by atoms with Crippen LogP contribution in [0.2, 0.25) is 0 Å². The Labute approximate surface area is 149 Å². The van der Waals surface area contributed by atoms with Crippen LogP contribution < -0.4 is 4.74 Å². The smallest absolute Gasteiger partial charge is 0.303 e. The van der Waals surface area contributed by atoms with Crippen molar-refractivity contribution in [2.75, 3.05) is 7.11 Å². The van der Waals surface area contributed by atoms with Gasteiger partial charge in [-0.25, -0.2) is 0 Å². The quantitative estimate of drug-likeness (QED) is 0.825. The second-order valence-electron chi connectivity index (χ2n) is 5.67. The van der Waals surface area contributed by atoms with Crippen LogP contribution in [0.5, 0.6) is 5.75 Å². The average molecular weight is 356 g/mol. The van der Waals surface area contributed by atoms with Gasteiger partial charge in [-0.2, -0.15) is 0 Å². The molecule has 0 unspecified atom stereocenters. The molecule has 0 amide bonds. The summed E-state index contributed by atoms with van der Waals surface area (Å²) in [6, 6.07) is 10.3. The number of methoxy groups -OCH3 is 1. The highest BCUT2D eigenvalue weighted by Gasteiger charge is 2.23. The van der Waals surface area contributed by atoms with Crippen LogP contribution in [0.3, 0.4) is 0 Å². The third kappa shape index (κ3) is 3.58. The molecule has 2 aromatic rings. The Morgan fingerprint density at radius 2 is 1.88 bits per heavy atom. The van der Waals surface area contributed by atoms with E-state index in [1.54, 1.807) is 37.4 Å². The van der Waals surface area contributed by atoms with Crippen LogP contribution in [0, 0.1) is 0 Å². The lowest BCUT2D eigenvalue weighted by atomic mass is 9.97. The summed E-state index contributed by atoms with van der Waals surface area (Å²) >= 11 is 1.49. The van der Waals surface area contributed by atoms with Gasteiger partial charge in [0.1, 0.15) is 5.75 Å². The zero-order chi connectivity index (χ0) is 18.0. The Hall–Kier alpha value is -2.60. The van der Waals surface area contributed by atoms with Gasteiger partial charge in [0.2, 0.25) is 0 Å². The zero-order valence-corrected chi connectivity index (χ0v) is 14.4. The fourth-order valence-corrected chi connectivity index (χ4v) is 3.78. The third-order valence-electron chi connectivity index (χ3n) is 4.05. The zero-order valence-electron chi connectivity index (χ0n) is 13.6. The Morgan fingerprint density at radius 3 is 2.60 bits per heavy atom. The second kappa shape index (κ2) is 7.11. The number of ether oxygens (including phenoxy) is 1. The molecule has 0 aliphatic carbocycles. The molecule has 6 heteroatoms. The summed E-state index contributed by atoms with van der Waals surface area (Å²) in [4.78, 5) is 36.3. The largest absolute Gasteiger partial charge is 0.497 e. The first-order valence-electron chi connectivity index (χ1n) is 7.73. The normalized spacial score (nSPS) is 12.8. The minimum Gasteiger partial charge on any atom is -0.497 e. The van der Waals surface area contributed by atoms with Gasteiger partial charge in [0, 0.05) is 33.8 Å². The summed E-state index contributed by atoms with van der Waals surface area (Å²) in [6.07, 6.45) is -0.253. The van der Waals surface area contributed by atoms with Crippen molar-refractivity contribution in [3.63, 3.8) is 0 Å². The number of carboxylic acid groups (broad SMARTS) is 1. The molecular formula is C19H16O5S. The molecule has 0 radical (unpaired) electrons. The van der Waals surface area contributed by atoms with Crippen molar-refractivity contribution in [3.8, 4) is 5.75 Å². The fraction of sp³-hybridized carbons (Fsp3) is 0.211. The molecule has 0 saturated heterocycles. The van der Waals surface area contributed by atoms with Crippen LogP contribution in [-0.4, -0.2) is 29.8 Å². The van der Waals surface area contributed by atoms with Crippen LogP contribution in [0.15, 0.2) is 41.3 Å². The van der Waals surface area contributed by atoms with Crippen LogP contribution >= 0.6 is 11.8 Å². The lowest BCUT2D eigenvalue weighted by molar-refractivity contribution is -0.136. The number of fused-ring (bicyclic) bond motifs is 2.